The topological polar surface area (TPSA) is 72.2 Å². The number of carbonyl (C=O) groups is 1. The summed E-state index contributed by atoms with van der Waals surface area (Å²) >= 11 is 0.904. The van der Waals surface area contributed by atoms with Crippen molar-refractivity contribution in [2.24, 2.45) is 5.92 Å². The zero-order valence-electron chi connectivity index (χ0n) is 10.8. The third kappa shape index (κ3) is 4.44. The minimum absolute atomic E-state index is 0.00464. The quantitative estimate of drug-likeness (QED) is 0.637. The molecule has 18 heavy (non-hydrogen) atoms. The highest BCUT2D eigenvalue weighted by Gasteiger charge is 2.16. The van der Waals surface area contributed by atoms with E-state index in [0.717, 1.165) is 24.2 Å². The molecule has 1 atom stereocenters. The lowest BCUT2D eigenvalue weighted by atomic mass is 10.0. The van der Waals surface area contributed by atoms with Crippen LogP contribution in [0.25, 0.3) is 0 Å². The first-order valence-corrected chi connectivity index (χ1v) is 6.77. The molecule has 1 heterocycles. The Morgan fingerprint density at radius 3 is 2.56 bits per heavy atom. The van der Waals surface area contributed by atoms with Gasteiger partial charge in [-0.15, -0.1) is 0 Å². The maximum Gasteiger partial charge on any atom is 0.324 e. The summed E-state index contributed by atoms with van der Waals surface area (Å²) in [6.07, 6.45) is 1.96. The Bertz CT molecular complexity index is 429. The predicted octanol–water partition coefficient (Wildman–Crippen LogP) is 3.21. The summed E-state index contributed by atoms with van der Waals surface area (Å²) in [7, 11) is 0. The van der Waals surface area contributed by atoms with E-state index in [4.69, 9.17) is 0 Å². The van der Waals surface area contributed by atoms with Crippen molar-refractivity contribution in [3.05, 3.63) is 27.1 Å². The van der Waals surface area contributed by atoms with E-state index in [1.54, 1.807) is 0 Å². The molecule has 0 fully saturated rings. The first kappa shape index (κ1) is 14.6. The van der Waals surface area contributed by atoms with Crippen molar-refractivity contribution in [3.63, 3.8) is 0 Å². The molecule has 0 saturated heterocycles. The molecule has 1 N–H and O–H groups in total. The highest BCUT2D eigenvalue weighted by Crippen LogP contribution is 2.23. The predicted molar refractivity (Wildman–Crippen MR) is 72.0 cm³/mol. The molecule has 100 valence electrons. The minimum Gasteiger partial charge on any atom is -0.349 e. The summed E-state index contributed by atoms with van der Waals surface area (Å²) in [4.78, 5) is 22.2. The second kappa shape index (κ2) is 6.49. The number of carbonyl (C=O) groups excluding carboxylic acids is 1. The monoisotopic (exact) mass is 270 g/mol. The number of nitrogens with one attached hydrogen (secondary N) is 1. The molecule has 0 aliphatic carbocycles. The molecule has 1 unspecified atom stereocenters. The van der Waals surface area contributed by atoms with Crippen LogP contribution >= 0.6 is 11.3 Å². The average molecular weight is 270 g/mol. The fourth-order valence-corrected chi connectivity index (χ4v) is 2.22. The van der Waals surface area contributed by atoms with Gasteiger partial charge in [0.1, 0.15) is 0 Å². The summed E-state index contributed by atoms with van der Waals surface area (Å²) in [5, 5.41) is 13.4. The molecule has 5 nitrogen and oxygen atoms in total. The molecule has 0 spiro atoms. The lowest BCUT2D eigenvalue weighted by molar-refractivity contribution is -0.380. The van der Waals surface area contributed by atoms with Gasteiger partial charge in [-0.3, -0.25) is 14.9 Å². The van der Waals surface area contributed by atoms with Gasteiger partial charge in [-0.05, 0) is 31.7 Å². The Kier molecular flexibility index (Phi) is 5.27. The number of nitrogens with zero attached hydrogens (tertiary/aromatic N) is 1. The molecule has 0 saturated carbocycles. The number of hydrogen-bond acceptors (Lipinski definition) is 4. The van der Waals surface area contributed by atoms with E-state index in [-0.39, 0.29) is 17.0 Å². The smallest absolute Gasteiger partial charge is 0.324 e. The molecular formula is C12H18N2O3S. The summed E-state index contributed by atoms with van der Waals surface area (Å²) in [6, 6.07) is 2.94. The second-order valence-corrected chi connectivity index (χ2v) is 5.80. The maximum absolute atomic E-state index is 11.8. The third-order valence-corrected chi connectivity index (χ3v) is 3.59. The standard InChI is InChI=1S/C12H18N2O3S/c1-8(2)4-5-9(3)13-12(15)10-6-7-11(18-10)14(16)17/h6-9H,4-5H2,1-3H3,(H,13,15). The molecule has 0 aliphatic heterocycles. The van der Waals surface area contributed by atoms with Gasteiger partial charge in [0.15, 0.2) is 0 Å². The van der Waals surface area contributed by atoms with Crippen LogP contribution < -0.4 is 5.32 Å². The van der Waals surface area contributed by atoms with Gasteiger partial charge in [0, 0.05) is 12.1 Å². The highest BCUT2D eigenvalue weighted by molar-refractivity contribution is 7.17. The summed E-state index contributed by atoms with van der Waals surface area (Å²) in [6.45, 7) is 6.22. The van der Waals surface area contributed by atoms with Crippen molar-refractivity contribution in [3.8, 4) is 0 Å². The van der Waals surface area contributed by atoms with Gasteiger partial charge in [0.05, 0.1) is 9.80 Å². The zero-order valence-corrected chi connectivity index (χ0v) is 11.6. The molecule has 0 aliphatic rings. The van der Waals surface area contributed by atoms with E-state index in [2.05, 4.69) is 19.2 Å². The van der Waals surface area contributed by atoms with Crippen LogP contribution in [-0.2, 0) is 0 Å². The largest absolute Gasteiger partial charge is 0.349 e. The normalized spacial score (nSPS) is 12.4. The third-order valence-electron chi connectivity index (χ3n) is 2.55. The van der Waals surface area contributed by atoms with Gasteiger partial charge in [0.2, 0.25) is 0 Å². The van der Waals surface area contributed by atoms with Crippen LogP contribution in [-0.4, -0.2) is 16.9 Å². The van der Waals surface area contributed by atoms with Crippen molar-refractivity contribution in [2.45, 2.75) is 39.7 Å². The highest BCUT2D eigenvalue weighted by atomic mass is 32.1. The van der Waals surface area contributed by atoms with Crippen LogP contribution in [0, 0.1) is 16.0 Å². The van der Waals surface area contributed by atoms with Crippen LogP contribution in [0.4, 0.5) is 5.00 Å². The van der Waals surface area contributed by atoms with Crippen molar-refractivity contribution < 1.29 is 9.72 Å². The van der Waals surface area contributed by atoms with Crippen molar-refractivity contribution in [1.82, 2.24) is 5.32 Å². The SMILES string of the molecule is CC(C)CCC(C)NC(=O)c1ccc([N+](=O)[O-])s1. The number of nitro groups is 1. The Morgan fingerprint density at radius 2 is 2.06 bits per heavy atom. The van der Waals surface area contributed by atoms with Crippen LogP contribution in [0.15, 0.2) is 12.1 Å². The zero-order chi connectivity index (χ0) is 13.7. The first-order valence-electron chi connectivity index (χ1n) is 5.95. The Hall–Kier alpha value is -1.43. The molecule has 0 radical (unpaired) electrons. The molecule has 0 aromatic carbocycles. The summed E-state index contributed by atoms with van der Waals surface area (Å²) < 4.78 is 0. The molecule has 0 bridgehead atoms. The molecule has 6 heteroatoms. The van der Waals surface area contributed by atoms with Crippen molar-refractivity contribution in [1.29, 1.82) is 0 Å². The van der Waals surface area contributed by atoms with E-state index in [9.17, 15) is 14.9 Å². The number of hydrogen-bond donors (Lipinski definition) is 1. The number of rotatable bonds is 6. The van der Waals surface area contributed by atoms with Crippen LogP contribution in [0.2, 0.25) is 0 Å². The van der Waals surface area contributed by atoms with Crippen molar-refractivity contribution >= 4 is 22.2 Å². The van der Waals surface area contributed by atoms with Gasteiger partial charge < -0.3 is 5.32 Å². The van der Waals surface area contributed by atoms with E-state index in [0.29, 0.717) is 10.8 Å². The Balaban J connectivity index is 2.51. The van der Waals surface area contributed by atoms with Gasteiger partial charge in [-0.2, -0.15) is 0 Å². The fraction of sp³-hybridized carbons (Fsp3) is 0.583. The Labute approximate surface area is 110 Å². The second-order valence-electron chi connectivity index (χ2n) is 4.74. The summed E-state index contributed by atoms with van der Waals surface area (Å²) in [5.74, 6) is 0.372. The average Bonchev–Trinajstić information content (AvgIpc) is 2.75. The van der Waals surface area contributed by atoms with Crippen LogP contribution in [0.3, 0.4) is 0 Å². The van der Waals surface area contributed by atoms with Gasteiger partial charge in [-0.1, -0.05) is 25.2 Å². The minimum atomic E-state index is -0.483. The van der Waals surface area contributed by atoms with Gasteiger partial charge in [0.25, 0.3) is 5.91 Å². The summed E-state index contributed by atoms with van der Waals surface area (Å²) in [5.41, 5.74) is 0. The van der Waals surface area contributed by atoms with Gasteiger partial charge in [-0.25, -0.2) is 0 Å². The van der Waals surface area contributed by atoms with Crippen molar-refractivity contribution in [2.75, 3.05) is 0 Å². The lowest BCUT2D eigenvalue weighted by Crippen LogP contribution is -2.32. The molecule has 1 aromatic heterocycles. The van der Waals surface area contributed by atoms with Gasteiger partial charge >= 0.3 is 5.00 Å². The maximum atomic E-state index is 11.8. The van der Waals surface area contributed by atoms with E-state index < -0.39 is 4.92 Å². The molecular weight excluding hydrogens is 252 g/mol. The molecule has 1 amide bonds. The van der Waals surface area contributed by atoms with Crippen LogP contribution in [0.1, 0.15) is 43.3 Å². The van der Waals surface area contributed by atoms with E-state index in [1.165, 1.54) is 12.1 Å². The van der Waals surface area contributed by atoms with Crippen LogP contribution in [0.5, 0.6) is 0 Å². The number of amides is 1. The first-order chi connectivity index (χ1) is 8.40. The molecule has 1 rings (SSSR count). The number of thiophene rings is 1. The lowest BCUT2D eigenvalue weighted by Gasteiger charge is -2.14. The molecule has 1 aromatic rings. The fourth-order valence-electron chi connectivity index (χ4n) is 1.50. The Morgan fingerprint density at radius 1 is 1.39 bits per heavy atom. The van der Waals surface area contributed by atoms with E-state index >= 15 is 0 Å². The van der Waals surface area contributed by atoms with E-state index in [1.807, 2.05) is 6.92 Å².